The van der Waals surface area contributed by atoms with Crippen molar-refractivity contribution in [2.24, 2.45) is 0 Å². The Morgan fingerprint density at radius 3 is 2.26 bits per heavy atom. The molecular formula is C19H28N4. The van der Waals surface area contributed by atoms with E-state index < -0.39 is 0 Å². The van der Waals surface area contributed by atoms with Gasteiger partial charge < -0.3 is 9.80 Å². The molecule has 0 fully saturated rings. The van der Waals surface area contributed by atoms with Crippen molar-refractivity contribution in [1.82, 2.24) is 9.97 Å². The van der Waals surface area contributed by atoms with Crippen molar-refractivity contribution in [1.29, 1.82) is 0 Å². The van der Waals surface area contributed by atoms with Crippen molar-refractivity contribution < 1.29 is 0 Å². The molecule has 0 atom stereocenters. The molecule has 4 nitrogen and oxygen atoms in total. The first-order valence-electron chi connectivity index (χ1n) is 8.60. The van der Waals surface area contributed by atoms with E-state index >= 15 is 0 Å². The second-order valence-electron chi connectivity index (χ2n) is 5.72. The zero-order chi connectivity index (χ0) is 16.7. The molecule has 0 bridgehead atoms. The van der Waals surface area contributed by atoms with Gasteiger partial charge in [0.1, 0.15) is 5.82 Å². The molecule has 23 heavy (non-hydrogen) atoms. The van der Waals surface area contributed by atoms with E-state index in [9.17, 15) is 0 Å². The second-order valence-corrected chi connectivity index (χ2v) is 5.72. The van der Waals surface area contributed by atoms with Gasteiger partial charge in [0.15, 0.2) is 0 Å². The normalized spacial score (nSPS) is 10.6. The third-order valence-electron chi connectivity index (χ3n) is 4.05. The minimum absolute atomic E-state index is 0.815. The van der Waals surface area contributed by atoms with Gasteiger partial charge >= 0.3 is 0 Å². The molecule has 0 saturated heterocycles. The van der Waals surface area contributed by atoms with Crippen molar-refractivity contribution in [3.05, 3.63) is 36.4 Å². The lowest BCUT2D eigenvalue weighted by Gasteiger charge is -2.23. The Kier molecular flexibility index (Phi) is 6.39. The molecule has 2 rings (SSSR count). The fourth-order valence-corrected chi connectivity index (χ4v) is 2.53. The third kappa shape index (κ3) is 4.44. The average molecular weight is 312 g/mol. The summed E-state index contributed by atoms with van der Waals surface area (Å²) in [5.74, 6) is 1.81. The van der Waals surface area contributed by atoms with Crippen LogP contribution >= 0.6 is 0 Å². The number of aromatic nitrogens is 2. The lowest BCUT2D eigenvalue weighted by atomic mass is 10.1. The molecule has 0 aliphatic carbocycles. The summed E-state index contributed by atoms with van der Waals surface area (Å²) in [7, 11) is 2.11. The minimum atomic E-state index is 0.815. The number of unbranched alkanes of at least 4 members (excludes halogenated alkanes) is 1. The Morgan fingerprint density at radius 1 is 0.957 bits per heavy atom. The molecule has 0 N–H and O–H groups in total. The van der Waals surface area contributed by atoms with Gasteiger partial charge in [-0.3, -0.25) is 0 Å². The molecule has 1 heterocycles. The summed E-state index contributed by atoms with van der Waals surface area (Å²) in [6.07, 6.45) is 2.35. The molecule has 2 aromatic rings. The molecular weight excluding hydrogens is 284 g/mol. The molecule has 0 radical (unpaired) electrons. The maximum atomic E-state index is 4.80. The van der Waals surface area contributed by atoms with E-state index in [-0.39, 0.29) is 0 Å². The van der Waals surface area contributed by atoms with Crippen LogP contribution in [0.25, 0.3) is 11.3 Å². The van der Waals surface area contributed by atoms with Gasteiger partial charge in [0, 0.05) is 38.3 Å². The van der Waals surface area contributed by atoms with Crippen molar-refractivity contribution in [3.63, 3.8) is 0 Å². The van der Waals surface area contributed by atoms with Gasteiger partial charge in [0.05, 0.1) is 5.69 Å². The van der Waals surface area contributed by atoms with Gasteiger partial charge in [-0.1, -0.05) is 43.7 Å². The largest absolute Gasteiger partial charge is 0.359 e. The summed E-state index contributed by atoms with van der Waals surface area (Å²) in [5.41, 5.74) is 2.12. The average Bonchev–Trinajstić information content (AvgIpc) is 2.61. The number of rotatable bonds is 8. The Morgan fingerprint density at radius 2 is 1.65 bits per heavy atom. The van der Waals surface area contributed by atoms with E-state index in [4.69, 9.17) is 9.97 Å². The van der Waals surface area contributed by atoms with Gasteiger partial charge in [-0.2, -0.15) is 4.98 Å². The van der Waals surface area contributed by atoms with Crippen LogP contribution < -0.4 is 9.80 Å². The lowest BCUT2D eigenvalue weighted by Crippen LogP contribution is -2.26. The number of anilines is 2. The first kappa shape index (κ1) is 17.3. The van der Waals surface area contributed by atoms with Crippen LogP contribution in [0.1, 0.15) is 33.6 Å². The standard InChI is InChI=1S/C19H28N4/c1-5-8-14-22(4)18-15-17(16-12-10-9-11-13-16)20-19(21-18)23(6-2)7-3/h9-13,15H,5-8,14H2,1-4H3. The Balaban J connectivity index is 2.43. The molecule has 0 amide bonds. The van der Waals surface area contributed by atoms with Crippen LogP contribution in [0.3, 0.4) is 0 Å². The first-order chi connectivity index (χ1) is 11.2. The fourth-order valence-electron chi connectivity index (χ4n) is 2.53. The van der Waals surface area contributed by atoms with E-state index in [2.05, 4.69) is 68.0 Å². The molecule has 0 spiro atoms. The monoisotopic (exact) mass is 312 g/mol. The minimum Gasteiger partial charge on any atom is -0.359 e. The number of hydrogen-bond acceptors (Lipinski definition) is 4. The second kappa shape index (κ2) is 8.51. The SMILES string of the molecule is CCCCN(C)c1cc(-c2ccccc2)nc(N(CC)CC)n1. The zero-order valence-corrected chi connectivity index (χ0v) is 14.8. The van der Waals surface area contributed by atoms with Crippen LogP contribution in [0.4, 0.5) is 11.8 Å². The molecule has 4 heteroatoms. The summed E-state index contributed by atoms with van der Waals surface area (Å²) >= 11 is 0. The summed E-state index contributed by atoms with van der Waals surface area (Å²) < 4.78 is 0. The maximum absolute atomic E-state index is 4.80. The van der Waals surface area contributed by atoms with Crippen molar-refractivity contribution in [3.8, 4) is 11.3 Å². The van der Waals surface area contributed by atoms with E-state index in [1.165, 1.54) is 12.8 Å². The summed E-state index contributed by atoms with van der Waals surface area (Å²) in [6, 6.07) is 12.4. The molecule has 0 unspecified atom stereocenters. The predicted molar refractivity (Wildman–Crippen MR) is 99.2 cm³/mol. The van der Waals surface area contributed by atoms with Crippen molar-refractivity contribution in [2.75, 3.05) is 36.5 Å². The van der Waals surface area contributed by atoms with Crippen LogP contribution in [0.2, 0.25) is 0 Å². The number of nitrogens with zero attached hydrogens (tertiary/aromatic N) is 4. The van der Waals surface area contributed by atoms with E-state index in [0.29, 0.717) is 0 Å². The number of benzene rings is 1. The van der Waals surface area contributed by atoms with Gasteiger partial charge in [-0.25, -0.2) is 4.98 Å². The molecule has 0 aliphatic heterocycles. The lowest BCUT2D eigenvalue weighted by molar-refractivity contribution is 0.753. The number of hydrogen-bond donors (Lipinski definition) is 0. The molecule has 0 aliphatic rings. The van der Waals surface area contributed by atoms with Crippen LogP contribution in [0.5, 0.6) is 0 Å². The molecule has 1 aromatic carbocycles. The molecule has 124 valence electrons. The highest BCUT2D eigenvalue weighted by Crippen LogP contribution is 2.24. The smallest absolute Gasteiger partial charge is 0.227 e. The van der Waals surface area contributed by atoms with E-state index in [1.807, 2.05) is 6.07 Å². The van der Waals surface area contributed by atoms with E-state index in [0.717, 1.165) is 42.7 Å². The Labute approximate surface area is 140 Å². The fraction of sp³-hybridized carbons (Fsp3) is 0.474. The van der Waals surface area contributed by atoms with Gasteiger partial charge in [0.25, 0.3) is 0 Å². The summed E-state index contributed by atoms with van der Waals surface area (Å²) in [5, 5.41) is 0. The topological polar surface area (TPSA) is 32.3 Å². The van der Waals surface area contributed by atoms with Gasteiger partial charge in [-0.05, 0) is 20.3 Å². The van der Waals surface area contributed by atoms with Gasteiger partial charge in [-0.15, -0.1) is 0 Å². The van der Waals surface area contributed by atoms with Gasteiger partial charge in [0.2, 0.25) is 5.95 Å². The third-order valence-corrected chi connectivity index (χ3v) is 4.05. The zero-order valence-electron chi connectivity index (χ0n) is 14.8. The Bertz CT molecular complexity index is 594. The van der Waals surface area contributed by atoms with Crippen LogP contribution in [0.15, 0.2) is 36.4 Å². The quantitative estimate of drug-likeness (QED) is 0.730. The van der Waals surface area contributed by atoms with Crippen LogP contribution in [-0.4, -0.2) is 36.6 Å². The van der Waals surface area contributed by atoms with E-state index in [1.54, 1.807) is 0 Å². The molecule has 0 saturated carbocycles. The summed E-state index contributed by atoms with van der Waals surface area (Å²) in [6.45, 7) is 9.33. The predicted octanol–water partition coefficient (Wildman–Crippen LogP) is 4.23. The highest BCUT2D eigenvalue weighted by Gasteiger charge is 2.13. The summed E-state index contributed by atoms with van der Waals surface area (Å²) in [4.78, 5) is 14.0. The highest BCUT2D eigenvalue weighted by molar-refractivity contribution is 5.65. The first-order valence-corrected chi connectivity index (χ1v) is 8.60. The van der Waals surface area contributed by atoms with Crippen LogP contribution in [-0.2, 0) is 0 Å². The molecule has 1 aromatic heterocycles. The van der Waals surface area contributed by atoms with Crippen molar-refractivity contribution >= 4 is 11.8 Å². The van der Waals surface area contributed by atoms with Crippen LogP contribution in [0, 0.1) is 0 Å². The maximum Gasteiger partial charge on any atom is 0.227 e. The Hall–Kier alpha value is -2.10. The van der Waals surface area contributed by atoms with Crippen molar-refractivity contribution in [2.45, 2.75) is 33.6 Å². The highest BCUT2D eigenvalue weighted by atomic mass is 15.3.